The van der Waals surface area contributed by atoms with Crippen molar-refractivity contribution in [3.63, 3.8) is 0 Å². The minimum Gasteiger partial charge on any atom is -0.307 e. The Morgan fingerprint density at radius 1 is 1.34 bits per heavy atom. The lowest BCUT2D eigenvalue weighted by Crippen LogP contribution is -2.10. The summed E-state index contributed by atoms with van der Waals surface area (Å²) in [6.45, 7) is 6.99. The second-order valence-electron chi connectivity index (χ2n) is 7.59. The first-order valence-electron chi connectivity index (χ1n) is 9.92. The van der Waals surface area contributed by atoms with Gasteiger partial charge in [-0.05, 0) is 42.9 Å². The van der Waals surface area contributed by atoms with Crippen LogP contribution >= 0.6 is 23.1 Å². The summed E-state index contributed by atoms with van der Waals surface area (Å²) in [5.41, 5.74) is 4.74. The molecule has 7 heteroatoms. The highest BCUT2D eigenvalue weighted by Crippen LogP contribution is 2.38. The van der Waals surface area contributed by atoms with Crippen LogP contribution in [0.1, 0.15) is 29.5 Å². The number of pyridine rings is 1. The van der Waals surface area contributed by atoms with Crippen LogP contribution in [0.25, 0.3) is 17.0 Å². The molecule has 0 radical (unpaired) electrons. The van der Waals surface area contributed by atoms with E-state index in [4.69, 9.17) is 4.98 Å². The summed E-state index contributed by atoms with van der Waals surface area (Å²) in [7, 11) is 0. The summed E-state index contributed by atoms with van der Waals surface area (Å²) in [5, 5.41) is 12.3. The summed E-state index contributed by atoms with van der Waals surface area (Å²) in [4.78, 5) is 6.21. The van der Waals surface area contributed by atoms with Crippen LogP contribution in [0.5, 0.6) is 0 Å². The van der Waals surface area contributed by atoms with Crippen molar-refractivity contribution in [1.29, 1.82) is 0 Å². The molecule has 5 nitrogen and oxygen atoms in total. The Hall–Kier alpha value is -2.38. The number of rotatable bonds is 6. The van der Waals surface area contributed by atoms with E-state index >= 15 is 0 Å². The number of fused-ring (bicyclic) bond motifs is 2. The molecule has 29 heavy (non-hydrogen) atoms. The zero-order valence-electron chi connectivity index (χ0n) is 16.4. The topological polar surface area (TPSA) is 48.0 Å². The SMILES string of the molecule is C=CCn1c(SCc2cn3ccccc3n2)nnc1-c1csc2c1CCC(C)C2. The highest BCUT2D eigenvalue weighted by molar-refractivity contribution is 7.98. The molecule has 4 heterocycles. The zero-order valence-corrected chi connectivity index (χ0v) is 18.0. The molecule has 0 saturated heterocycles. The normalized spacial score (nSPS) is 16.2. The molecule has 4 aromatic heterocycles. The molecule has 1 aliphatic rings. The molecule has 0 fully saturated rings. The van der Waals surface area contributed by atoms with Gasteiger partial charge in [0.1, 0.15) is 5.65 Å². The lowest BCUT2D eigenvalue weighted by molar-refractivity contribution is 0.508. The monoisotopic (exact) mass is 421 g/mol. The van der Waals surface area contributed by atoms with Gasteiger partial charge < -0.3 is 4.40 Å². The molecule has 1 unspecified atom stereocenters. The van der Waals surface area contributed by atoms with Crippen molar-refractivity contribution in [2.24, 2.45) is 5.92 Å². The Labute approximate surface area is 178 Å². The third kappa shape index (κ3) is 3.53. The zero-order chi connectivity index (χ0) is 19.8. The molecule has 1 atom stereocenters. The molecule has 5 rings (SSSR count). The maximum Gasteiger partial charge on any atom is 0.192 e. The van der Waals surface area contributed by atoms with Gasteiger partial charge >= 0.3 is 0 Å². The molecule has 0 bridgehead atoms. The molecule has 0 spiro atoms. The van der Waals surface area contributed by atoms with Gasteiger partial charge in [0.05, 0.1) is 5.69 Å². The van der Waals surface area contributed by atoms with Crippen molar-refractivity contribution in [1.82, 2.24) is 24.1 Å². The molecule has 148 valence electrons. The van der Waals surface area contributed by atoms with E-state index in [1.807, 2.05) is 41.8 Å². The first-order chi connectivity index (χ1) is 14.2. The number of imidazole rings is 1. The second kappa shape index (κ2) is 7.80. The van der Waals surface area contributed by atoms with Crippen molar-refractivity contribution in [3.8, 4) is 11.4 Å². The number of hydrogen-bond donors (Lipinski definition) is 0. The number of hydrogen-bond acceptors (Lipinski definition) is 5. The summed E-state index contributed by atoms with van der Waals surface area (Å²) >= 11 is 3.55. The maximum atomic E-state index is 4.69. The quantitative estimate of drug-likeness (QED) is 0.315. The molecular formula is C22H23N5S2. The molecular weight excluding hydrogens is 398 g/mol. The molecule has 0 saturated carbocycles. The van der Waals surface area contributed by atoms with Gasteiger partial charge in [-0.1, -0.05) is 30.8 Å². The number of allylic oxidation sites excluding steroid dienone is 1. The van der Waals surface area contributed by atoms with Gasteiger partial charge in [-0.3, -0.25) is 4.57 Å². The van der Waals surface area contributed by atoms with E-state index in [0.29, 0.717) is 6.54 Å². The Morgan fingerprint density at radius 2 is 2.28 bits per heavy atom. The highest BCUT2D eigenvalue weighted by atomic mass is 32.2. The van der Waals surface area contributed by atoms with Gasteiger partial charge in [0.15, 0.2) is 11.0 Å². The van der Waals surface area contributed by atoms with E-state index in [2.05, 4.69) is 44.2 Å². The third-order valence-corrected chi connectivity index (χ3v) is 7.49. The predicted molar refractivity (Wildman–Crippen MR) is 119 cm³/mol. The average molecular weight is 422 g/mol. The Morgan fingerprint density at radius 3 is 3.14 bits per heavy atom. The van der Waals surface area contributed by atoms with Crippen LogP contribution in [-0.2, 0) is 25.1 Å². The van der Waals surface area contributed by atoms with E-state index < -0.39 is 0 Å². The number of thiophene rings is 1. The summed E-state index contributed by atoms with van der Waals surface area (Å²) in [6, 6.07) is 6.04. The molecule has 1 aliphatic carbocycles. The van der Waals surface area contributed by atoms with Crippen molar-refractivity contribution in [2.45, 2.75) is 43.6 Å². The van der Waals surface area contributed by atoms with E-state index in [9.17, 15) is 0 Å². The van der Waals surface area contributed by atoms with Gasteiger partial charge in [0, 0.05) is 40.5 Å². The Balaban J connectivity index is 1.43. The standard InChI is InChI=1S/C22H23N5S2/c1-3-9-27-21(18-14-28-19-11-15(2)7-8-17(18)19)24-25-22(27)29-13-16-12-26-10-5-4-6-20(26)23-16/h3-6,10,12,14-15H,1,7-9,11,13H2,2H3. The molecule has 4 aromatic rings. The van der Waals surface area contributed by atoms with Crippen molar-refractivity contribution in [3.05, 3.63) is 64.8 Å². The predicted octanol–water partition coefficient (Wildman–Crippen LogP) is 5.26. The van der Waals surface area contributed by atoms with Gasteiger partial charge in [-0.15, -0.1) is 28.1 Å². The van der Waals surface area contributed by atoms with Crippen LogP contribution in [0.4, 0.5) is 0 Å². The molecule has 0 N–H and O–H groups in total. The summed E-state index contributed by atoms with van der Waals surface area (Å²) < 4.78 is 4.24. The smallest absolute Gasteiger partial charge is 0.192 e. The van der Waals surface area contributed by atoms with Gasteiger partial charge in [-0.25, -0.2) is 4.98 Å². The van der Waals surface area contributed by atoms with Crippen LogP contribution < -0.4 is 0 Å². The molecule has 0 aliphatic heterocycles. The van der Waals surface area contributed by atoms with Crippen LogP contribution in [0.2, 0.25) is 0 Å². The van der Waals surface area contributed by atoms with Crippen LogP contribution in [0.15, 0.2) is 53.8 Å². The van der Waals surface area contributed by atoms with Gasteiger partial charge in [-0.2, -0.15) is 0 Å². The second-order valence-corrected chi connectivity index (χ2v) is 9.50. The molecule has 0 amide bonds. The first-order valence-corrected chi connectivity index (χ1v) is 11.8. The lowest BCUT2D eigenvalue weighted by Gasteiger charge is -2.19. The van der Waals surface area contributed by atoms with Crippen LogP contribution in [0, 0.1) is 5.92 Å². The summed E-state index contributed by atoms with van der Waals surface area (Å²) in [5.74, 6) is 2.50. The van der Waals surface area contributed by atoms with E-state index in [1.165, 1.54) is 28.8 Å². The van der Waals surface area contributed by atoms with E-state index in [-0.39, 0.29) is 0 Å². The number of thioether (sulfide) groups is 1. The average Bonchev–Trinajstić information content (AvgIpc) is 3.42. The number of nitrogens with zero attached hydrogens (tertiary/aromatic N) is 5. The highest BCUT2D eigenvalue weighted by Gasteiger charge is 2.24. The van der Waals surface area contributed by atoms with Crippen molar-refractivity contribution < 1.29 is 0 Å². The largest absolute Gasteiger partial charge is 0.307 e. The van der Waals surface area contributed by atoms with E-state index in [1.54, 1.807) is 11.8 Å². The molecule has 0 aromatic carbocycles. The first kappa shape index (κ1) is 18.6. The van der Waals surface area contributed by atoms with Crippen LogP contribution in [0.3, 0.4) is 0 Å². The fourth-order valence-corrected chi connectivity index (χ4v) is 6.02. The third-order valence-electron chi connectivity index (χ3n) is 5.43. The Kier molecular flexibility index (Phi) is 5.01. The maximum absolute atomic E-state index is 4.69. The van der Waals surface area contributed by atoms with Crippen LogP contribution in [-0.4, -0.2) is 24.1 Å². The Bertz CT molecular complexity index is 1140. The fourth-order valence-electron chi connectivity index (χ4n) is 3.95. The minimum absolute atomic E-state index is 0.705. The lowest BCUT2D eigenvalue weighted by atomic mass is 9.88. The summed E-state index contributed by atoms with van der Waals surface area (Å²) in [6.07, 6.45) is 9.60. The number of aromatic nitrogens is 5. The fraction of sp³-hybridized carbons (Fsp3) is 0.318. The van der Waals surface area contributed by atoms with Gasteiger partial charge in [0.2, 0.25) is 0 Å². The van der Waals surface area contributed by atoms with Gasteiger partial charge in [0.25, 0.3) is 0 Å². The van der Waals surface area contributed by atoms with Crippen molar-refractivity contribution >= 4 is 28.7 Å². The minimum atomic E-state index is 0.705. The van der Waals surface area contributed by atoms with Crippen molar-refractivity contribution in [2.75, 3.05) is 0 Å². The van der Waals surface area contributed by atoms with E-state index in [0.717, 1.165) is 40.4 Å².